The van der Waals surface area contributed by atoms with E-state index in [2.05, 4.69) is 0 Å². The Bertz CT molecular complexity index is 835. The van der Waals surface area contributed by atoms with Gasteiger partial charge in [0.2, 0.25) is 0 Å². The molecule has 2 N–H and O–H groups in total. The van der Waals surface area contributed by atoms with Gasteiger partial charge >= 0.3 is 24.1 Å². The lowest BCUT2D eigenvalue weighted by Crippen LogP contribution is -2.36. The topological polar surface area (TPSA) is 140 Å². The quantitative estimate of drug-likeness (QED) is 0.415. The third-order valence-corrected chi connectivity index (χ3v) is 4.24. The summed E-state index contributed by atoms with van der Waals surface area (Å²) >= 11 is 0. The predicted octanol–water partition coefficient (Wildman–Crippen LogP) is 2.68. The van der Waals surface area contributed by atoms with Gasteiger partial charge in [-0.3, -0.25) is 14.4 Å². The first-order chi connectivity index (χ1) is 14.8. The van der Waals surface area contributed by atoms with E-state index in [0.717, 1.165) is 0 Å². The van der Waals surface area contributed by atoms with Crippen LogP contribution in [-0.2, 0) is 35.0 Å². The van der Waals surface area contributed by atoms with Crippen LogP contribution in [0.25, 0.3) is 0 Å². The standard InChI is InChI=1S/C22H31NO9/c1-7-22(5,6)32-21(27)29-13(2)12-28-20(26)17(23)10-16-8-9-18(30-14(3)24)19(11-16)31-15(4)25/h8-9,11,13,17H,7,10,12,23H2,1-6H3/t13-,17-/m0/s1. The molecule has 0 saturated heterocycles. The molecule has 0 unspecified atom stereocenters. The zero-order chi connectivity index (χ0) is 24.5. The number of nitrogens with two attached hydrogens (primary N) is 1. The van der Waals surface area contributed by atoms with Crippen LogP contribution >= 0.6 is 0 Å². The monoisotopic (exact) mass is 453 g/mol. The van der Waals surface area contributed by atoms with E-state index in [-0.39, 0.29) is 24.5 Å². The van der Waals surface area contributed by atoms with Crippen molar-refractivity contribution in [3.63, 3.8) is 0 Å². The normalized spacial score (nSPS) is 12.8. The molecule has 1 aromatic rings. The maximum Gasteiger partial charge on any atom is 0.509 e. The number of rotatable bonds is 10. The van der Waals surface area contributed by atoms with Gasteiger partial charge in [-0.15, -0.1) is 0 Å². The summed E-state index contributed by atoms with van der Waals surface area (Å²) in [6.07, 6.45) is -0.906. The molecule has 0 radical (unpaired) electrons. The molecule has 0 aliphatic carbocycles. The molecule has 0 aromatic heterocycles. The van der Waals surface area contributed by atoms with Crippen molar-refractivity contribution in [2.24, 2.45) is 5.73 Å². The minimum atomic E-state index is -1.03. The van der Waals surface area contributed by atoms with Crippen molar-refractivity contribution in [1.29, 1.82) is 0 Å². The predicted molar refractivity (Wildman–Crippen MR) is 113 cm³/mol. The lowest BCUT2D eigenvalue weighted by atomic mass is 10.1. The molecule has 1 aromatic carbocycles. The molecular weight excluding hydrogens is 422 g/mol. The molecule has 0 saturated carbocycles. The first-order valence-electron chi connectivity index (χ1n) is 10.1. The molecule has 0 heterocycles. The fourth-order valence-corrected chi connectivity index (χ4v) is 2.32. The Labute approximate surface area is 187 Å². The van der Waals surface area contributed by atoms with Gasteiger partial charge < -0.3 is 29.4 Å². The summed E-state index contributed by atoms with van der Waals surface area (Å²) in [6.45, 7) is 9.16. The highest BCUT2D eigenvalue weighted by Gasteiger charge is 2.24. The molecule has 0 aliphatic rings. The Morgan fingerprint density at radius 2 is 1.62 bits per heavy atom. The van der Waals surface area contributed by atoms with Gasteiger partial charge in [0.25, 0.3) is 0 Å². The first-order valence-corrected chi connectivity index (χ1v) is 10.1. The third-order valence-electron chi connectivity index (χ3n) is 4.24. The molecule has 0 spiro atoms. The third kappa shape index (κ3) is 9.78. The first kappa shape index (κ1) is 26.9. The highest BCUT2D eigenvalue weighted by molar-refractivity contribution is 5.76. The summed E-state index contributed by atoms with van der Waals surface area (Å²) in [7, 11) is 0. The average molecular weight is 453 g/mol. The van der Waals surface area contributed by atoms with E-state index in [1.807, 2.05) is 6.92 Å². The Hall–Kier alpha value is -3.14. The van der Waals surface area contributed by atoms with Crippen LogP contribution in [0.15, 0.2) is 18.2 Å². The van der Waals surface area contributed by atoms with Crippen LogP contribution in [0.5, 0.6) is 11.5 Å². The van der Waals surface area contributed by atoms with E-state index >= 15 is 0 Å². The van der Waals surface area contributed by atoms with E-state index in [9.17, 15) is 19.2 Å². The molecule has 0 fully saturated rings. The number of hydrogen-bond acceptors (Lipinski definition) is 10. The molecule has 2 atom stereocenters. The largest absolute Gasteiger partial charge is 0.509 e. The minimum absolute atomic E-state index is 0.0290. The highest BCUT2D eigenvalue weighted by atomic mass is 16.7. The summed E-state index contributed by atoms with van der Waals surface area (Å²) in [6, 6.07) is 3.43. The smallest absolute Gasteiger partial charge is 0.461 e. The zero-order valence-electron chi connectivity index (χ0n) is 19.3. The van der Waals surface area contributed by atoms with E-state index < -0.39 is 41.8 Å². The van der Waals surface area contributed by atoms with Gasteiger partial charge in [0.05, 0.1) is 0 Å². The molecule has 32 heavy (non-hydrogen) atoms. The molecule has 10 nitrogen and oxygen atoms in total. The van der Waals surface area contributed by atoms with Crippen LogP contribution in [0, 0.1) is 0 Å². The number of esters is 3. The molecule has 0 aliphatic heterocycles. The van der Waals surface area contributed by atoms with Crippen LogP contribution in [0.4, 0.5) is 4.79 Å². The van der Waals surface area contributed by atoms with Gasteiger partial charge in [0.1, 0.15) is 24.4 Å². The van der Waals surface area contributed by atoms with Crippen molar-refractivity contribution < 1.29 is 42.9 Å². The SMILES string of the molecule is CCC(C)(C)OC(=O)O[C@@H](C)COC(=O)[C@@H](N)Cc1ccc(OC(C)=O)c(OC(C)=O)c1. The van der Waals surface area contributed by atoms with Crippen LogP contribution in [-0.4, -0.2) is 48.4 Å². The molecule has 10 heteroatoms. The maximum atomic E-state index is 12.2. The number of carbonyl (C=O) groups excluding carboxylic acids is 4. The van der Waals surface area contributed by atoms with E-state index in [0.29, 0.717) is 12.0 Å². The van der Waals surface area contributed by atoms with Crippen LogP contribution in [0.3, 0.4) is 0 Å². The minimum Gasteiger partial charge on any atom is -0.461 e. The van der Waals surface area contributed by atoms with Gasteiger partial charge in [-0.1, -0.05) is 13.0 Å². The Kier molecular flexibility index (Phi) is 10.1. The van der Waals surface area contributed by atoms with Gasteiger partial charge in [0, 0.05) is 13.8 Å². The fourth-order valence-electron chi connectivity index (χ4n) is 2.32. The van der Waals surface area contributed by atoms with Crippen LogP contribution in [0.1, 0.15) is 53.5 Å². The fraction of sp³-hybridized carbons (Fsp3) is 0.545. The summed E-state index contributed by atoms with van der Waals surface area (Å²) < 4.78 is 25.4. The zero-order valence-corrected chi connectivity index (χ0v) is 19.3. The van der Waals surface area contributed by atoms with Crippen molar-refractivity contribution in [3.8, 4) is 11.5 Å². The summed E-state index contributed by atoms with van der Waals surface area (Å²) in [5, 5.41) is 0. The Morgan fingerprint density at radius 1 is 1.03 bits per heavy atom. The Balaban J connectivity index is 2.65. The van der Waals surface area contributed by atoms with Gasteiger partial charge in [-0.25, -0.2) is 4.79 Å². The lowest BCUT2D eigenvalue weighted by Gasteiger charge is -2.24. The Morgan fingerprint density at radius 3 is 2.19 bits per heavy atom. The van der Waals surface area contributed by atoms with Crippen LogP contribution in [0.2, 0.25) is 0 Å². The lowest BCUT2D eigenvalue weighted by molar-refractivity contribution is -0.148. The maximum absolute atomic E-state index is 12.2. The summed E-state index contributed by atoms with van der Waals surface area (Å²) in [5.74, 6) is -1.79. The summed E-state index contributed by atoms with van der Waals surface area (Å²) in [5.41, 5.74) is 5.80. The summed E-state index contributed by atoms with van der Waals surface area (Å²) in [4.78, 5) is 46.5. The van der Waals surface area contributed by atoms with Crippen molar-refractivity contribution in [1.82, 2.24) is 0 Å². The van der Waals surface area contributed by atoms with Gasteiger partial charge in [-0.05, 0) is 51.3 Å². The van der Waals surface area contributed by atoms with Crippen LogP contribution < -0.4 is 15.2 Å². The number of benzene rings is 1. The van der Waals surface area contributed by atoms with Crippen molar-refractivity contribution >= 4 is 24.1 Å². The number of ether oxygens (including phenoxy) is 5. The van der Waals surface area contributed by atoms with Crippen molar-refractivity contribution in [2.75, 3.05) is 6.61 Å². The highest BCUT2D eigenvalue weighted by Crippen LogP contribution is 2.29. The average Bonchev–Trinajstić information content (AvgIpc) is 2.66. The van der Waals surface area contributed by atoms with E-state index in [1.54, 1.807) is 26.8 Å². The van der Waals surface area contributed by atoms with Crippen molar-refractivity contribution in [2.45, 2.75) is 72.1 Å². The van der Waals surface area contributed by atoms with Gasteiger partial charge in [0.15, 0.2) is 11.5 Å². The van der Waals surface area contributed by atoms with Gasteiger partial charge in [-0.2, -0.15) is 0 Å². The molecule has 1 rings (SSSR count). The number of carbonyl (C=O) groups is 4. The number of hydrogen-bond donors (Lipinski definition) is 1. The molecule has 178 valence electrons. The second-order valence-electron chi connectivity index (χ2n) is 7.80. The van der Waals surface area contributed by atoms with E-state index in [1.165, 1.54) is 26.0 Å². The molecule has 0 bridgehead atoms. The molecular formula is C22H31NO9. The second kappa shape index (κ2) is 12.0. The molecule has 0 amide bonds. The second-order valence-corrected chi connectivity index (χ2v) is 7.80. The van der Waals surface area contributed by atoms with E-state index in [4.69, 9.17) is 29.4 Å². The van der Waals surface area contributed by atoms with Crippen molar-refractivity contribution in [3.05, 3.63) is 23.8 Å².